The molecule has 0 radical (unpaired) electrons. The second-order valence-electron chi connectivity index (χ2n) is 7.04. The van der Waals surface area contributed by atoms with Gasteiger partial charge in [0, 0.05) is 9.13 Å². The van der Waals surface area contributed by atoms with Crippen LogP contribution >= 0.6 is 56.5 Å². The first kappa shape index (κ1) is 23.2. The van der Waals surface area contributed by atoms with Crippen molar-refractivity contribution in [2.45, 2.75) is 19.9 Å². The van der Waals surface area contributed by atoms with Crippen LogP contribution in [0.25, 0.3) is 6.08 Å². The van der Waals surface area contributed by atoms with E-state index in [0.717, 1.165) is 9.13 Å². The van der Waals surface area contributed by atoms with E-state index in [4.69, 9.17) is 4.74 Å². The van der Waals surface area contributed by atoms with Crippen molar-refractivity contribution in [2.24, 2.45) is 4.99 Å². The number of rotatable bonds is 4. The molecule has 4 rings (SSSR count). The first-order valence-corrected chi connectivity index (χ1v) is 12.7. The van der Waals surface area contributed by atoms with Crippen LogP contribution in [0.15, 0.2) is 63.5 Å². The number of thiazole rings is 1. The van der Waals surface area contributed by atoms with E-state index in [1.807, 2.05) is 42.5 Å². The number of aromatic hydroxyl groups is 1. The molecule has 3 aromatic rings. The predicted octanol–water partition coefficient (Wildman–Crippen LogP) is 3.71. The Morgan fingerprint density at radius 1 is 1.28 bits per heavy atom. The van der Waals surface area contributed by atoms with Gasteiger partial charge in [0.1, 0.15) is 5.75 Å². The Balaban J connectivity index is 1.98. The molecule has 9 heteroatoms. The van der Waals surface area contributed by atoms with Gasteiger partial charge in [-0.3, -0.25) is 9.36 Å². The van der Waals surface area contributed by atoms with Gasteiger partial charge in [0.2, 0.25) is 0 Å². The molecule has 0 aliphatic carbocycles. The number of carbonyl (C=O) groups excluding carboxylic acids is 1. The van der Waals surface area contributed by atoms with Crippen molar-refractivity contribution < 1.29 is 14.6 Å². The van der Waals surface area contributed by atoms with Crippen LogP contribution in [0, 0.1) is 7.14 Å². The molecule has 2 heterocycles. The smallest absolute Gasteiger partial charge is 0.338 e. The first-order valence-electron chi connectivity index (χ1n) is 9.74. The standard InChI is InChI=1S/C23H18I2N2O4S/c1-3-31-22(30)18-12(2)26-23-27(19(18)13-7-5-4-6-8-13)21(29)17(32-23)10-14-9-15(24)11-16(25)20(14)28/h4-11,19,28H,3H2,1-2H3/b17-10-/t19-/m1/s1. The zero-order chi connectivity index (χ0) is 23.0. The van der Waals surface area contributed by atoms with E-state index in [9.17, 15) is 14.7 Å². The molecule has 1 atom stereocenters. The Kier molecular flexibility index (Phi) is 6.86. The highest BCUT2D eigenvalue weighted by molar-refractivity contribution is 14.1. The van der Waals surface area contributed by atoms with Crippen LogP contribution in [0.4, 0.5) is 0 Å². The van der Waals surface area contributed by atoms with E-state index in [2.05, 4.69) is 50.2 Å². The third-order valence-corrected chi connectivity index (χ3v) is 7.40. The Labute approximate surface area is 215 Å². The van der Waals surface area contributed by atoms with E-state index >= 15 is 0 Å². The molecule has 32 heavy (non-hydrogen) atoms. The monoisotopic (exact) mass is 672 g/mol. The van der Waals surface area contributed by atoms with Gasteiger partial charge in [0.15, 0.2) is 4.80 Å². The molecule has 6 nitrogen and oxygen atoms in total. The third-order valence-electron chi connectivity index (χ3n) is 4.98. The number of benzene rings is 2. The van der Waals surface area contributed by atoms with E-state index in [1.54, 1.807) is 24.5 Å². The summed E-state index contributed by atoms with van der Waals surface area (Å²) in [4.78, 5) is 31.4. The highest BCUT2D eigenvalue weighted by Crippen LogP contribution is 2.31. The van der Waals surface area contributed by atoms with Gasteiger partial charge in [-0.25, -0.2) is 9.79 Å². The van der Waals surface area contributed by atoms with Crippen molar-refractivity contribution in [1.82, 2.24) is 4.57 Å². The zero-order valence-corrected chi connectivity index (χ0v) is 22.3. The van der Waals surface area contributed by atoms with Gasteiger partial charge in [-0.2, -0.15) is 0 Å². The summed E-state index contributed by atoms with van der Waals surface area (Å²) in [5.41, 5.74) is 1.96. The van der Waals surface area contributed by atoms with Crippen LogP contribution in [0.3, 0.4) is 0 Å². The van der Waals surface area contributed by atoms with Gasteiger partial charge in [0.05, 0.1) is 32.0 Å². The Hall–Kier alpha value is -1.99. The molecule has 0 spiro atoms. The molecule has 0 bridgehead atoms. The Morgan fingerprint density at radius 2 is 2.00 bits per heavy atom. The number of hydrogen-bond acceptors (Lipinski definition) is 6. The fourth-order valence-corrected chi connectivity index (χ4v) is 6.51. The molecule has 1 aliphatic rings. The number of aromatic nitrogens is 1. The van der Waals surface area contributed by atoms with Crippen LogP contribution in [0.5, 0.6) is 5.75 Å². The van der Waals surface area contributed by atoms with Crippen LogP contribution < -0.4 is 14.9 Å². The summed E-state index contributed by atoms with van der Waals surface area (Å²) in [6, 6.07) is 12.4. The van der Waals surface area contributed by atoms with Crippen LogP contribution in [-0.4, -0.2) is 22.2 Å². The number of carbonyl (C=O) groups is 1. The highest BCUT2D eigenvalue weighted by Gasteiger charge is 2.33. The number of ether oxygens (including phenoxy) is 1. The predicted molar refractivity (Wildman–Crippen MR) is 140 cm³/mol. The van der Waals surface area contributed by atoms with Crippen molar-refractivity contribution in [3.05, 3.63) is 91.7 Å². The van der Waals surface area contributed by atoms with Gasteiger partial charge < -0.3 is 9.84 Å². The van der Waals surface area contributed by atoms with Gasteiger partial charge in [0.25, 0.3) is 5.56 Å². The lowest BCUT2D eigenvalue weighted by Gasteiger charge is -2.24. The number of allylic oxidation sites excluding steroid dienone is 1. The fraction of sp³-hybridized carbons (Fsp3) is 0.174. The normalized spacial score (nSPS) is 16.0. The molecule has 1 aliphatic heterocycles. The highest BCUT2D eigenvalue weighted by atomic mass is 127. The minimum Gasteiger partial charge on any atom is -0.506 e. The molecule has 2 aromatic carbocycles. The lowest BCUT2D eigenvalue weighted by Crippen LogP contribution is -2.39. The maximum Gasteiger partial charge on any atom is 0.338 e. The summed E-state index contributed by atoms with van der Waals surface area (Å²) < 4.78 is 8.92. The number of phenolic OH excluding ortho intramolecular Hbond substituents is 1. The Morgan fingerprint density at radius 3 is 2.69 bits per heavy atom. The number of fused-ring (bicyclic) bond motifs is 1. The van der Waals surface area contributed by atoms with Gasteiger partial charge >= 0.3 is 5.97 Å². The van der Waals surface area contributed by atoms with Crippen LogP contribution in [0.1, 0.15) is 31.0 Å². The lowest BCUT2D eigenvalue weighted by molar-refractivity contribution is -0.139. The third kappa shape index (κ3) is 4.29. The van der Waals surface area contributed by atoms with E-state index < -0.39 is 12.0 Å². The lowest BCUT2D eigenvalue weighted by atomic mass is 9.96. The maximum absolute atomic E-state index is 13.5. The van der Waals surface area contributed by atoms with Crippen molar-refractivity contribution in [3.63, 3.8) is 0 Å². The van der Waals surface area contributed by atoms with Crippen LogP contribution in [0.2, 0.25) is 0 Å². The topological polar surface area (TPSA) is 80.9 Å². The fourth-order valence-electron chi connectivity index (χ4n) is 3.58. The second kappa shape index (κ2) is 9.48. The van der Waals surface area contributed by atoms with E-state index in [0.29, 0.717) is 29.7 Å². The summed E-state index contributed by atoms with van der Waals surface area (Å²) >= 11 is 5.47. The summed E-state index contributed by atoms with van der Waals surface area (Å²) in [6.07, 6.45) is 1.68. The molecule has 0 unspecified atom stereocenters. The molecular weight excluding hydrogens is 654 g/mol. The average Bonchev–Trinajstić information content (AvgIpc) is 3.06. The summed E-state index contributed by atoms with van der Waals surface area (Å²) in [6.45, 7) is 3.73. The summed E-state index contributed by atoms with van der Waals surface area (Å²) in [7, 11) is 0. The number of esters is 1. The molecule has 1 aromatic heterocycles. The largest absolute Gasteiger partial charge is 0.506 e. The first-order chi connectivity index (χ1) is 15.3. The molecule has 0 fully saturated rings. The minimum absolute atomic E-state index is 0.125. The number of nitrogens with zero attached hydrogens (tertiary/aromatic N) is 2. The second-order valence-corrected chi connectivity index (χ2v) is 10.5. The minimum atomic E-state index is -0.640. The van der Waals surface area contributed by atoms with Gasteiger partial charge in [-0.05, 0) is 82.8 Å². The molecule has 0 saturated heterocycles. The zero-order valence-electron chi connectivity index (χ0n) is 17.1. The molecular formula is C23H18I2N2O4S. The molecule has 164 valence electrons. The quantitative estimate of drug-likeness (QED) is 0.339. The van der Waals surface area contributed by atoms with E-state index in [-0.39, 0.29) is 17.9 Å². The van der Waals surface area contributed by atoms with Crippen molar-refractivity contribution in [1.29, 1.82) is 0 Å². The van der Waals surface area contributed by atoms with Gasteiger partial charge in [-0.15, -0.1) is 0 Å². The average molecular weight is 672 g/mol. The number of halogens is 2. The van der Waals surface area contributed by atoms with E-state index in [1.165, 1.54) is 11.3 Å². The summed E-state index contributed by atoms with van der Waals surface area (Å²) in [5.74, 6) is -0.360. The molecule has 0 amide bonds. The number of hydrogen-bond donors (Lipinski definition) is 1. The SMILES string of the molecule is CCOC(=O)C1=C(C)N=c2s/c(=C\c3cc(I)cc(I)c3O)c(=O)n2[C@@H]1c1ccccc1. The van der Waals surface area contributed by atoms with Crippen molar-refractivity contribution in [2.75, 3.05) is 6.61 Å². The van der Waals surface area contributed by atoms with Gasteiger partial charge in [-0.1, -0.05) is 41.7 Å². The molecule has 1 N–H and O–H groups in total. The number of phenols is 1. The molecule has 0 saturated carbocycles. The van der Waals surface area contributed by atoms with Crippen molar-refractivity contribution in [3.8, 4) is 5.75 Å². The van der Waals surface area contributed by atoms with Crippen LogP contribution in [-0.2, 0) is 9.53 Å². The Bertz CT molecular complexity index is 1420. The summed E-state index contributed by atoms with van der Waals surface area (Å²) in [5, 5.41) is 10.5. The van der Waals surface area contributed by atoms with Crippen molar-refractivity contribution >= 4 is 68.6 Å². The maximum atomic E-state index is 13.5.